The Labute approximate surface area is 84.1 Å². The Morgan fingerprint density at radius 1 is 1.43 bits per heavy atom. The molecule has 0 unspecified atom stereocenters. The molecule has 0 aromatic heterocycles. The Morgan fingerprint density at radius 2 is 2.07 bits per heavy atom. The Bertz CT molecular complexity index is 328. The minimum atomic E-state index is 0.447. The Hall–Kier alpha value is -1.77. The summed E-state index contributed by atoms with van der Waals surface area (Å²) in [6.45, 7) is 2.38. The van der Waals surface area contributed by atoms with Gasteiger partial charge in [-0.15, -0.1) is 0 Å². The third-order valence-corrected chi connectivity index (χ3v) is 1.71. The van der Waals surface area contributed by atoms with Crippen LogP contribution in [0.1, 0.15) is 12.5 Å². The highest BCUT2D eigenvalue weighted by Gasteiger charge is 1.91. The first kappa shape index (κ1) is 10.3. The van der Waals surface area contributed by atoms with E-state index in [1.165, 1.54) is 5.56 Å². The molecule has 14 heavy (non-hydrogen) atoms. The van der Waals surface area contributed by atoms with Gasteiger partial charge in [0.15, 0.2) is 0 Å². The van der Waals surface area contributed by atoms with E-state index in [-0.39, 0.29) is 0 Å². The van der Waals surface area contributed by atoms with E-state index in [0.717, 1.165) is 0 Å². The number of hydrogen-bond donors (Lipinski definition) is 3. The van der Waals surface area contributed by atoms with Gasteiger partial charge in [-0.1, -0.05) is 30.3 Å². The van der Waals surface area contributed by atoms with E-state index in [1.54, 1.807) is 13.0 Å². The zero-order chi connectivity index (χ0) is 10.4. The van der Waals surface area contributed by atoms with Gasteiger partial charge in [-0.25, -0.2) is 0 Å². The molecule has 0 radical (unpaired) electrons. The molecular weight excluding hydrogens is 174 g/mol. The van der Waals surface area contributed by atoms with Gasteiger partial charge in [0.25, 0.3) is 0 Å². The summed E-state index contributed by atoms with van der Waals surface area (Å²) in [5.41, 5.74) is 7.25. The van der Waals surface area contributed by atoms with E-state index >= 15 is 0 Å². The second-order valence-electron chi connectivity index (χ2n) is 3.12. The number of hydrogen-bond acceptors (Lipinski definition) is 3. The van der Waals surface area contributed by atoms with Gasteiger partial charge in [-0.3, -0.25) is 0 Å². The van der Waals surface area contributed by atoms with Crippen LogP contribution in [-0.4, -0.2) is 5.71 Å². The molecule has 1 aromatic rings. The molecule has 1 rings (SSSR count). The van der Waals surface area contributed by atoms with Crippen molar-refractivity contribution in [3.63, 3.8) is 0 Å². The second-order valence-corrected chi connectivity index (χ2v) is 3.12. The lowest BCUT2D eigenvalue weighted by Gasteiger charge is -2.05. The third-order valence-electron chi connectivity index (χ3n) is 1.71. The average molecular weight is 189 g/mol. The molecule has 4 N–H and O–H groups in total. The lowest BCUT2D eigenvalue weighted by atomic mass is 10.2. The standard InChI is InChI=1S/C11H15N3/c1-9(12)7-11(13)14-8-10-5-3-2-4-6-10/h2-7,12,14H,8,13H2,1H3/b11-7-,12-9?. The zero-order valence-corrected chi connectivity index (χ0v) is 8.25. The molecule has 0 fully saturated rings. The predicted octanol–water partition coefficient (Wildman–Crippen LogP) is 1.62. The van der Waals surface area contributed by atoms with E-state index in [0.29, 0.717) is 18.1 Å². The van der Waals surface area contributed by atoms with Gasteiger partial charge in [0.05, 0.1) is 5.82 Å². The Morgan fingerprint density at radius 3 is 2.64 bits per heavy atom. The van der Waals surface area contributed by atoms with Gasteiger partial charge in [-0.05, 0) is 18.6 Å². The van der Waals surface area contributed by atoms with Gasteiger partial charge >= 0.3 is 0 Å². The smallest absolute Gasteiger partial charge is 0.0980 e. The van der Waals surface area contributed by atoms with Crippen LogP contribution in [0.4, 0.5) is 0 Å². The van der Waals surface area contributed by atoms with Crippen LogP contribution in [0.15, 0.2) is 42.2 Å². The van der Waals surface area contributed by atoms with Crippen LogP contribution < -0.4 is 11.1 Å². The van der Waals surface area contributed by atoms with Crippen molar-refractivity contribution in [1.82, 2.24) is 5.32 Å². The maximum atomic E-state index is 7.21. The number of rotatable bonds is 4. The summed E-state index contributed by atoms with van der Waals surface area (Å²) in [5.74, 6) is 0.529. The average Bonchev–Trinajstić information content (AvgIpc) is 2.15. The molecule has 0 atom stereocenters. The molecule has 0 saturated carbocycles. The highest BCUT2D eigenvalue weighted by Crippen LogP contribution is 1.97. The number of benzene rings is 1. The maximum absolute atomic E-state index is 7.21. The summed E-state index contributed by atoms with van der Waals surface area (Å²) >= 11 is 0. The van der Waals surface area contributed by atoms with Crippen molar-refractivity contribution in [2.24, 2.45) is 5.73 Å². The second kappa shape index (κ2) is 5.07. The van der Waals surface area contributed by atoms with Gasteiger partial charge in [0, 0.05) is 12.3 Å². The van der Waals surface area contributed by atoms with Crippen molar-refractivity contribution in [1.29, 1.82) is 5.41 Å². The first-order valence-corrected chi connectivity index (χ1v) is 4.48. The van der Waals surface area contributed by atoms with Crippen molar-refractivity contribution in [3.8, 4) is 0 Å². The maximum Gasteiger partial charge on any atom is 0.0980 e. The molecule has 0 aliphatic rings. The molecule has 74 valence electrons. The highest BCUT2D eigenvalue weighted by atomic mass is 15.0. The van der Waals surface area contributed by atoms with Gasteiger partial charge < -0.3 is 16.5 Å². The topological polar surface area (TPSA) is 61.9 Å². The van der Waals surface area contributed by atoms with Crippen LogP contribution >= 0.6 is 0 Å². The van der Waals surface area contributed by atoms with Crippen molar-refractivity contribution in [2.75, 3.05) is 0 Å². The van der Waals surface area contributed by atoms with Crippen LogP contribution in [0.2, 0.25) is 0 Å². The quantitative estimate of drug-likeness (QED) is 0.630. The molecule has 0 aliphatic heterocycles. The Kier molecular flexibility index (Phi) is 3.73. The summed E-state index contributed by atoms with van der Waals surface area (Å²) < 4.78 is 0. The van der Waals surface area contributed by atoms with E-state index in [1.807, 2.05) is 30.3 Å². The van der Waals surface area contributed by atoms with Crippen molar-refractivity contribution < 1.29 is 0 Å². The van der Waals surface area contributed by atoms with Gasteiger partial charge in [0.1, 0.15) is 0 Å². The Balaban J connectivity index is 2.45. The number of allylic oxidation sites excluding steroid dienone is 1. The summed E-state index contributed by atoms with van der Waals surface area (Å²) in [5, 5.41) is 10.2. The predicted molar refractivity (Wildman–Crippen MR) is 59.0 cm³/mol. The van der Waals surface area contributed by atoms with Crippen LogP contribution in [-0.2, 0) is 6.54 Å². The molecule has 1 aromatic carbocycles. The van der Waals surface area contributed by atoms with E-state index in [2.05, 4.69) is 5.32 Å². The molecule has 0 bridgehead atoms. The first-order valence-electron chi connectivity index (χ1n) is 4.48. The van der Waals surface area contributed by atoms with Crippen molar-refractivity contribution in [3.05, 3.63) is 47.8 Å². The van der Waals surface area contributed by atoms with Crippen molar-refractivity contribution in [2.45, 2.75) is 13.5 Å². The highest BCUT2D eigenvalue weighted by molar-refractivity contribution is 5.90. The van der Waals surface area contributed by atoms with E-state index in [4.69, 9.17) is 11.1 Å². The fourth-order valence-corrected chi connectivity index (χ4v) is 1.08. The molecule has 3 heteroatoms. The summed E-state index contributed by atoms with van der Waals surface area (Å²) in [7, 11) is 0. The minimum absolute atomic E-state index is 0.447. The fraction of sp³-hybridized carbons (Fsp3) is 0.182. The first-order chi connectivity index (χ1) is 6.68. The number of nitrogens with one attached hydrogen (secondary N) is 2. The normalized spacial score (nSPS) is 11.1. The van der Waals surface area contributed by atoms with Crippen LogP contribution in [0.5, 0.6) is 0 Å². The summed E-state index contributed by atoms with van der Waals surface area (Å²) in [4.78, 5) is 0. The molecular formula is C11H15N3. The molecule has 0 spiro atoms. The van der Waals surface area contributed by atoms with E-state index < -0.39 is 0 Å². The summed E-state index contributed by atoms with van der Waals surface area (Å²) in [6, 6.07) is 10.00. The van der Waals surface area contributed by atoms with Crippen LogP contribution in [0.3, 0.4) is 0 Å². The summed E-state index contributed by atoms with van der Waals surface area (Å²) in [6.07, 6.45) is 1.60. The molecule has 0 saturated heterocycles. The third kappa shape index (κ3) is 3.76. The lowest BCUT2D eigenvalue weighted by molar-refractivity contribution is 0.801. The molecule has 3 nitrogen and oxygen atoms in total. The zero-order valence-electron chi connectivity index (χ0n) is 8.25. The van der Waals surface area contributed by atoms with Crippen molar-refractivity contribution >= 4 is 5.71 Å². The van der Waals surface area contributed by atoms with Crippen LogP contribution in [0.25, 0.3) is 0 Å². The molecule has 0 amide bonds. The van der Waals surface area contributed by atoms with E-state index in [9.17, 15) is 0 Å². The van der Waals surface area contributed by atoms with Gasteiger partial charge in [-0.2, -0.15) is 0 Å². The van der Waals surface area contributed by atoms with Crippen LogP contribution in [0, 0.1) is 5.41 Å². The lowest BCUT2D eigenvalue weighted by Crippen LogP contribution is -2.20. The molecule has 0 aliphatic carbocycles. The largest absolute Gasteiger partial charge is 0.385 e. The monoisotopic (exact) mass is 189 g/mol. The SMILES string of the molecule is CC(=N)/C=C(/N)NCc1ccccc1. The van der Waals surface area contributed by atoms with Gasteiger partial charge in [0.2, 0.25) is 0 Å². The number of nitrogens with two attached hydrogens (primary N) is 1. The fourth-order valence-electron chi connectivity index (χ4n) is 1.08. The molecule has 0 heterocycles. The minimum Gasteiger partial charge on any atom is -0.385 e.